The van der Waals surface area contributed by atoms with Gasteiger partial charge >= 0.3 is 0 Å². The maximum Gasteiger partial charge on any atom is 0.119 e. The van der Waals surface area contributed by atoms with Crippen LogP contribution in [0, 0.1) is 0 Å². The van der Waals surface area contributed by atoms with Crippen molar-refractivity contribution in [1.82, 2.24) is 14.4 Å². The average Bonchev–Trinajstić information content (AvgIpc) is 3.06. The molecule has 0 saturated carbocycles. The van der Waals surface area contributed by atoms with Crippen LogP contribution in [0.3, 0.4) is 0 Å². The van der Waals surface area contributed by atoms with Gasteiger partial charge in [-0.05, 0) is 49.4 Å². The topological polar surface area (TPSA) is 20.6 Å². The molecule has 0 atom stereocenters. The van der Waals surface area contributed by atoms with Gasteiger partial charge in [-0.15, -0.1) is 0 Å². The highest BCUT2D eigenvalue weighted by molar-refractivity contribution is 5.85. The predicted octanol–water partition coefficient (Wildman–Crippen LogP) is 3.43. The van der Waals surface area contributed by atoms with Gasteiger partial charge in [0.05, 0.1) is 12.6 Å². The zero-order valence-corrected chi connectivity index (χ0v) is 15.7. The average molecular weight is 349 g/mol. The Labute approximate surface area is 155 Å². The number of benzene rings is 2. The summed E-state index contributed by atoms with van der Waals surface area (Å²) in [6.07, 6.45) is 3.40. The third-order valence-electron chi connectivity index (χ3n) is 5.44. The summed E-state index contributed by atoms with van der Waals surface area (Å²) in [6, 6.07) is 17.0. The lowest BCUT2D eigenvalue weighted by Gasteiger charge is -2.32. The maximum atomic E-state index is 5.29. The zero-order chi connectivity index (χ0) is 17.9. The van der Waals surface area contributed by atoms with Crippen molar-refractivity contribution >= 4 is 10.9 Å². The molecule has 4 rings (SSSR count). The van der Waals surface area contributed by atoms with E-state index in [4.69, 9.17) is 4.74 Å². The summed E-state index contributed by atoms with van der Waals surface area (Å²) in [5, 5.41) is 1.36. The minimum absolute atomic E-state index is 0.889. The van der Waals surface area contributed by atoms with Crippen molar-refractivity contribution in [3.63, 3.8) is 0 Å². The molecular weight excluding hydrogens is 322 g/mol. The summed E-state index contributed by atoms with van der Waals surface area (Å²) >= 11 is 0. The number of hydrogen-bond acceptors (Lipinski definition) is 3. The van der Waals surface area contributed by atoms with Gasteiger partial charge in [-0.3, -0.25) is 0 Å². The van der Waals surface area contributed by atoms with Crippen molar-refractivity contribution in [2.45, 2.75) is 6.42 Å². The molecule has 4 heteroatoms. The van der Waals surface area contributed by atoms with E-state index in [-0.39, 0.29) is 0 Å². The van der Waals surface area contributed by atoms with Gasteiger partial charge in [0.25, 0.3) is 0 Å². The molecule has 4 nitrogen and oxygen atoms in total. The molecule has 136 valence electrons. The van der Waals surface area contributed by atoms with E-state index < -0.39 is 0 Å². The Bertz CT molecular complexity index is 861. The van der Waals surface area contributed by atoms with E-state index in [0.29, 0.717) is 0 Å². The first-order valence-corrected chi connectivity index (χ1v) is 9.39. The van der Waals surface area contributed by atoms with Crippen molar-refractivity contribution in [3.8, 4) is 11.4 Å². The lowest BCUT2D eigenvalue weighted by atomic mass is 10.1. The van der Waals surface area contributed by atoms with Gasteiger partial charge in [-0.2, -0.15) is 0 Å². The van der Waals surface area contributed by atoms with Crippen LogP contribution in [-0.4, -0.2) is 61.2 Å². The molecule has 3 aromatic rings. The molecule has 0 amide bonds. The molecule has 1 aliphatic rings. The van der Waals surface area contributed by atoms with Gasteiger partial charge in [-0.25, -0.2) is 0 Å². The second-order valence-electron chi connectivity index (χ2n) is 7.13. The fourth-order valence-corrected chi connectivity index (χ4v) is 3.76. The lowest BCUT2D eigenvalue weighted by molar-refractivity contribution is 0.155. The summed E-state index contributed by atoms with van der Waals surface area (Å²) in [6.45, 7) is 5.83. The van der Waals surface area contributed by atoms with Crippen LogP contribution >= 0.6 is 0 Å². The number of likely N-dealkylation sites (N-methyl/N-ethyl adjacent to an activating group) is 1. The van der Waals surface area contributed by atoms with Crippen LogP contribution < -0.4 is 4.74 Å². The third-order valence-corrected chi connectivity index (χ3v) is 5.44. The summed E-state index contributed by atoms with van der Waals surface area (Å²) in [5.41, 5.74) is 3.87. The summed E-state index contributed by atoms with van der Waals surface area (Å²) in [4.78, 5) is 4.99. The molecule has 1 fully saturated rings. The monoisotopic (exact) mass is 349 g/mol. The fourth-order valence-electron chi connectivity index (χ4n) is 3.76. The van der Waals surface area contributed by atoms with Crippen LogP contribution in [0.25, 0.3) is 16.6 Å². The molecule has 0 bridgehead atoms. The van der Waals surface area contributed by atoms with Crippen LogP contribution in [0.15, 0.2) is 54.7 Å². The first kappa shape index (κ1) is 17.1. The van der Waals surface area contributed by atoms with Crippen LogP contribution in [-0.2, 0) is 6.42 Å². The number of fused-ring (bicyclic) bond motifs is 1. The highest BCUT2D eigenvalue weighted by Gasteiger charge is 2.15. The van der Waals surface area contributed by atoms with Crippen molar-refractivity contribution in [1.29, 1.82) is 0 Å². The molecule has 2 heterocycles. The van der Waals surface area contributed by atoms with Gasteiger partial charge in [0, 0.05) is 50.0 Å². The van der Waals surface area contributed by atoms with E-state index in [1.165, 1.54) is 48.3 Å². The number of methoxy groups -OCH3 is 1. The van der Waals surface area contributed by atoms with E-state index in [2.05, 4.69) is 64.0 Å². The van der Waals surface area contributed by atoms with Crippen LogP contribution in [0.5, 0.6) is 5.75 Å². The number of rotatable bonds is 5. The van der Waals surface area contributed by atoms with E-state index in [1.54, 1.807) is 7.11 Å². The Kier molecular flexibility index (Phi) is 4.96. The Morgan fingerprint density at radius 1 is 0.923 bits per heavy atom. The largest absolute Gasteiger partial charge is 0.497 e. The third kappa shape index (κ3) is 3.48. The Morgan fingerprint density at radius 3 is 2.38 bits per heavy atom. The minimum atomic E-state index is 0.889. The molecule has 0 radical (unpaired) electrons. The molecule has 1 aliphatic heterocycles. The number of piperazine rings is 1. The Balaban J connectivity index is 1.59. The Hall–Kier alpha value is -2.30. The molecule has 0 N–H and O–H groups in total. The van der Waals surface area contributed by atoms with Crippen LogP contribution in [0.1, 0.15) is 5.56 Å². The van der Waals surface area contributed by atoms with E-state index in [1.807, 2.05) is 12.1 Å². The Morgan fingerprint density at radius 2 is 1.65 bits per heavy atom. The van der Waals surface area contributed by atoms with Crippen LogP contribution in [0.2, 0.25) is 0 Å². The molecule has 0 unspecified atom stereocenters. The second-order valence-corrected chi connectivity index (χ2v) is 7.13. The first-order chi connectivity index (χ1) is 12.7. The number of hydrogen-bond donors (Lipinski definition) is 0. The lowest BCUT2D eigenvalue weighted by Crippen LogP contribution is -2.45. The zero-order valence-electron chi connectivity index (χ0n) is 15.7. The summed E-state index contributed by atoms with van der Waals surface area (Å²) < 4.78 is 7.59. The second kappa shape index (κ2) is 7.52. The molecule has 1 saturated heterocycles. The number of para-hydroxylation sites is 1. The standard InChI is InChI=1S/C22H27N3O/c1-23-13-15-24(16-14-23)12-11-18-17-25(22-6-4-3-5-21(18)22)19-7-9-20(26-2)10-8-19/h3-10,17H,11-16H2,1-2H3. The quantitative estimate of drug-likeness (QED) is 0.704. The summed E-state index contributed by atoms with van der Waals surface area (Å²) in [5.74, 6) is 0.889. The van der Waals surface area contributed by atoms with Crippen molar-refractivity contribution in [3.05, 3.63) is 60.3 Å². The van der Waals surface area contributed by atoms with Crippen LogP contribution in [0.4, 0.5) is 0 Å². The number of nitrogens with zero attached hydrogens (tertiary/aromatic N) is 3. The number of ether oxygens (including phenoxy) is 1. The van der Waals surface area contributed by atoms with Gasteiger partial charge in [0.1, 0.15) is 5.75 Å². The van der Waals surface area contributed by atoms with E-state index >= 15 is 0 Å². The van der Waals surface area contributed by atoms with Crippen molar-refractivity contribution < 1.29 is 4.74 Å². The minimum Gasteiger partial charge on any atom is -0.497 e. The van der Waals surface area contributed by atoms with Gasteiger partial charge in [0.2, 0.25) is 0 Å². The van der Waals surface area contributed by atoms with E-state index in [9.17, 15) is 0 Å². The van der Waals surface area contributed by atoms with Gasteiger partial charge in [-0.1, -0.05) is 18.2 Å². The van der Waals surface area contributed by atoms with Crippen molar-refractivity contribution in [2.24, 2.45) is 0 Å². The number of aromatic nitrogens is 1. The normalized spacial score (nSPS) is 16.2. The fraction of sp³-hybridized carbons (Fsp3) is 0.364. The maximum absolute atomic E-state index is 5.29. The molecule has 26 heavy (non-hydrogen) atoms. The predicted molar refractivity (Wildman–Crippen MR) is 107 cm³/mol. The van der Waals surface area contributed by atoms with Crippen molar-refractivity contribution in [2.75, 3.05) is 46.9 Å². The molecule has 0 aliphatic carbocycles. The molecule has 0 spiro atoms. The van der Waals surface area contributed by atoms with E-state index in [0.717, 1.165) is 18.7 Å². The smallest absolute Gasteiger partial charge is 0.119 e. The highest BCUT2D eigenvalue weighted by Crippen LogP contribution is 2.26. The first-order valence-electron chi connectivity index (χ1n) is 9.39. The molecular formula is C22H27N3O. The van der Waals surface area contributed by atoms with Gasteiger partial charge < -0.3 is 19.1 Å². The summed E-state index contributed by atoms with van der Waals surface area (Å²) in [7, 11) is 3.91. The highest BCUT2D eigenvalue weighted by atomic mass is 16.5. The molecule has 2 aromatic carbocycles. The molecule has 1 aromatic heterocycles. The van der Waals surface area contributed by atoms with Gasteiger partial charge in [0.15, 0.2) is 0 Å². The SMILES string of the molecule is COc1ccc(-n2cc(CCN3CCN(C)CC3)c3ccccc32)cc1.